The lowest BCUT2D eigenvalue weighted by molar-refractivity contribution is 0.306. The van der Waals surface area contributed by atoms with Crippen molar-refractivity contribution in [3.05, 3.63) is 111 Å². The molecule has 0 aliphatic rings. The summed E-state index contributed by atoms with van der Waals surface area (Å²) in [5.74, 6) is 0.841. The highest BCUT2D eigenvalue weighted by Gasteiger charge is 2.04. The highest BCUT2D eigenvalue weighted by Crippen LogP contribution is 2.26. The van der Waals surface area contributed by atoms with Crippen LogP contribution in [0.1, 0.15) is 11.1 Å². The summed E-state index contributed by atoms with van der Waals surface area (Å²) in [6, 6.07) is 26.2. The zero-order chi connectivity index (χ0) is 21.5. The molecule has 4 aromatic rings. The summed E-state index contributed by atoms with van der Waals surface area (Å²) < 4.78 is 5.78. The number of hydrogen-bond donors (Lipinski definition) is 2. The van der Waals surface area contributed by atoms with E-state index in [1.165, 1.54) is 6.07 Å². The van der Waals surface area contributed by atoms with E-state index in [2.05, 4.69) is 20.5 Å². The normalized spacial score (nSPS) is 10.9. The van der Waals surface area contributed by atoms with Crippen LogP contribution in [-0.4, -0.2) is 16.2 Å². The van der Waals surface area contributed by atoms with E-state index in [1.54, 1.807) is 18.3 Å². The molecule has 31 heavy (non-hydrogen) atoms. The Balaban J connectivity index is 1.42. The molecule has 0 saturated heterocycles. The van der Waals surface area contributed by atoms with Crippen LogP contribution in [-0.2, 0) is 6.61 Å². The maximum atomic E-state index is 11.9. The SMILES string of the molecule is O=c1cc(-c2ccccc2)nc(N/N=C\c2ccc(OCc3ccccc3)c(Cl)c2)[nH]1. The Kier molecular flexibility index (Phi) is 6.40. The van der Waals surface area contributed by atoms with Crippen molar-refractivity contribution in [1.29, 1.82) is 0 Å². The summed E-state index contributed by atoms with van der Waals surface area (Å²) in [5.41, 5.74) is 5.72. The van der Waals surface area contributed by atoms with E-state index in [0.29, 0.717) is 23.1 Å². The first-order chi connectivity index (χ1) is 15.2. The van der Waals surface area contributed by atoms with Gasteiger partial charge in [0.05, 0.1) is 16.9 Å². The zero-order valence-electron chi connectivity index (χ0n) is 16.5. The van der Waals surface area contributed by atoms with Crippen LogP contribution in [0.25, 0.3) is 11.3 Å². The van der Waals surface area contributed by atoms with Gasteiger partial charge in [0.25, 0.3) is 5.56 Å². The molecule has 1 aromatic heterocycles. The number of H-pyrrole nitrogens is 1. The third-order valence-electron chi connectivity index (χ3n) is 4.39. The van der Waals surface area contributed by atoms with Gasteiger partial charge in [0.1, 0.15) is 12.4 Å². The second kappa shape index (κ2) is 9.73. The van der Waals surface area contributed by atoms with Crippen LogP contribution in [0.2, 0.25) is 5.02 Å². The quantitative estimate of drug-likeness (QED) is 0.315. The third kappa shape index (κ3) is 5.58. The Morgan fingerprint density at radius 2 is 1.74 bits per heavy atom. The number of rotatable bonds is 7. The third-order valence-corrected chi connectivity index (χ3v) is 4.68. The minimum absolute atomic E-state index is 0.247. The Bertz CT molecular complexity index is 1240. The molecule has 0 aliphatic carbocycles. The number of aromatic amines is 1. The molecule has 2 N–H and O–H groups in total. The van der Waals surface area contributed by atoms with Crippen LogP contribution in [0.3, 0.4) is 0 Å². The first kappa shape index (κ1) is 20.4. The Labute approximate surface area is 184 Å². The molecule has 0 radical (unpaired) electrons. The maximum Gasteiger partial charge on any atom is 0.252 e. The second-order valence-electron chi connectivity index (χ2n) is 6.68. The van der Waals surface area contributed by atoms with Gasteiger partial charge >= 0.3 is 0 Å². The highest BCUT2D eigenvalue weighted by atomic mass is 35.5. The summed E-state index contributed by atoms with van der Waals surface area (Å²) >= 11 is 6.33. The fourth-order valence-electron chi connectivity index (χ4n) is 2.89. The van der Waals surface area contributed by atoms with Crippen molar-refractivity contribution in [2.24, 2.45) is 5.10 Å². The van der Waals surface area contributed by atoms with Crippen LogP contribution in [0, 0.1) is 0 Å². The van der Waals surface area contributed by atoms with Crippen molar-refractivity contribution in [2.45, 2.75) is 6.61 Å². The molecular weight excluding hydrogens is 412 g/mol. The molecule has 0 atom stereocenters. The van der Waals surface area contributed by atoms with Crippen LogP contribution in [0.4, 0.5) is 5.95 Å². The molecule has 7 heteroatoms. The summed E-state index contributed by atoms with van der Waals surface area (Å²) in [5, 5.41) is 4.63. The van der Waals surface area contributed by atoms with Crippen molar-refractivity contribution in [1.82, 2.24) is 9.97 Å². The van der Waals surface area contributed by atoms with Crippen molar-refractivity contribution in [3.8, 4) is 17.0 Å². The molecule has 0 fully saturated rings. The number of hydrogen-bond acceptors (Lipinski definition) is 5. The molecule has 0 bridgehead atoms. The number of nitrogens with zero attached hydrogens (tertiary/aromatic N) is 2. The molecule has 6 nitrogen and oxygen atoms in total. The van der Waals surface area contributed by atoms with E-state index in [-0.39, 0.29) is 11.5 Å². The molecule has 0 saturated carbocycles. The fourth-order valence-corrected chi connectivity index (χ4v) is 3.13. The van der Waals surface area contributed by atoms with Crippen LogP contribution < -0.4 is 15.7 Å². The predicted octanol–water partition coefficient (Wildman–Crippen LogP) is 5.12. The summed E-state index contributed by atoms with van der Waals surface area (Å²) in [7, 11) is 0. The van der Waals surface area contributed by atoms with Gasteiger partial charge in [-0.15, -0.1) is 0 Å². The number of anilines is 1. The highest BCUT2D eigenvalue weighted by molar-refractivity contribution is 6.32. The van der Waals surface area contributed by atoms with Crippen molar-refractivity contribution in [3.63, 3.8) is 0 Å². The van der Waals surface area contributed by atoms with Gasteiger partial charge in [-0.05, 0) is 29.3 Å². The lowest BCUT2D eigenvalue weighted by atomic mass is 10.1. The summed E-state index contributed by atoms with van der Waals surface area (Å²) in [6.07, 6.45) is 1.59. The number of benzene rings is 3. The average molecular weight is 431 g/mol. The maximum absolute atomic E-state index is 11.9. The molecule has 0 unspecified atom stereocenters. The first-order valence-corrected chi connectivity index (χ1v) is 9.97. The van der Waals surface area contributed by atoms with Gasteiger partial charge in [-0.2, -0.15) is 5.10 Å². The van der Waals surface area contributed by atoms with Gasteiger partial charge in [0, 0.05) is 11.6 Å². The summed E-state index contributed by atoms with van der Waals surface area (Å²) in [4.78, 5) is 19.0. The largest absolute Gasteiger partial charge is 0.487 e. The van der Waals surface area contributed by atoms with E-state index >= 15 is 0 Å². The predicted molar refractivity (Wildman–Crippen MR) is 124 cm³/mol. The molecule has 0 aliphatic heterocycles. The van der Waals surface area contributed by atoms with Crippen LogP contribution in [0.15, 0.2) is 94.8 Å². The Morgan fingerprint density at radius 1 is 1.00 bits per heavy atom. The van der Waals surface area contributed by atoms with E-state index < -0.39 is 0 Å². The van der Waals surface area contributed by atoms with Gasteiger partial charge in [0.2, 0.25) is 5.95 Å². The lowest BCUT2D eigenvalue weighted by Gasteiger charge is -2.08. The molecule has 1 heterocycles. The number of nitrogens with one attached hydrogen (secondary N) is 2. The Hall–Kier alpha value is -3.90. The molecule has 0 amide bonds. The van der Waals surface area contributed by atoms with Crippen molar-refractivity contribution in [2.75, 3.05) is 5.43 Å². The number of hydrazone groups is 1. The average Bonchev–Trinajstić information content (AvgIpc) is 2.79. The summed E-state index contributed by atoms with van der Waals surface area (Å²) in [6.45, 7) is 0.437. The Morgan fingerprint density at radius 3 is 2.48 bits per heavy atom. The number of ether oxygens (including phenoxy) is 1. The molecule has 3 aromatic carbocycles. The molecular formula is C24H19ClN4O2. The van der Waals surface area contributed by atoms with Crippen molar-refractivity contribution < 1.29 is 4.74 Å². The van der Waals surface area contributed by atoms with Gasteiger partial charge in [-0.3, -0.25) is 9.78 Å². The molecule has 0 spiro atoms. The number of aromatic nitrogens is 2. The second-order valence-corrected chi connectivity index (χ2v) is 7.09. The minimum Gasteiger partial charge on any atom is -0.487 e. The van der Waals surface area contributed by atoms with Gasteiger partial charge < -0.3 is 4.74 Å². The van der Waals surface area contributed by atoms with Gasteiger partial charge in [0.15, 0.2) is 0 Å². The van der Waals surface area contributed by atoms with E-state index in [9.17, 15) is 4.79 Å². The zero-order valence-corrected chi connectivity index (χ0v) is 17.2. The number of halogens is 1. The van der Waals surface area contributed by atoms with Crippen LogP contribution in [0.5, 0.6) is 5.75 Å². The van der Waals surface area contributed by atoms with E-state index in [4.69, 9.17) is 16.3 Å². The topological polar surface area (TPSA) is 79.4 Å². The monoisotopic (exact) mass is 430 g/mol. The van der Waals surface area contributed by atoms with E-state index in [0.717, 1.165) is 16.7 Å². The van der Waals surface area contributed by atoms with Gasteiger partial charge in [-0.1, -0.05) is 72.3 Å². The fraction of sp³-hybridized carbons (Fsp3) is 0.0417. The standard InChI is InChI=1S/C24H19ClN4O2/c25-20-13-18(11-12-22(20)31-16-17-7-3-1-4-8-17)15-26-29-24-27-21(14-23(30)28-24)19-9-5-2-6-10-19/h1-15H,16H2,(H2,27,28,29,30)/b26-15-. The first-order valence-electron chi connectivity index (χ1n) is 9.59. The lowest BCUT2D eigenvalue weighted by Crippen LogP contribution is -2.10. The smallest absolute Gasteiger partial charge is 0.252 e. The van der Waals surface area contributed by atoms with Gasteiger partial charge in [-0.25, -0.2) is 10.4 Å². The van der Waals surface area contributed by atoms with Crippen molar-refractivity contribution >= 4 is 23.8 Å². The molecule has 4 rings (SSSR count). The van der Waals surface area contributed by atoms with Crippen LogP contribution >= 0.6 is 11.6 Å². The minimum atomic E-state index is -0.269. The van der Waals surface area contributed by atoms with E-state index in [1.807, 2.05) is 66.7 Å². The molecule has 154 valence electrons.